The summed E-state index contributed by atoms with van der Waals surface area (Å²) in [6.45, 7) is 1.46. The van der Waals surface area contributed by atoms with Crippen LogP contribution >= 0.6 is 0 Å². The van der Waals surface area contributed by atoms with E-state index in [0.717, 1.165) is 0 Å². The van der Waals surface area contributed by atoms with E-state index < -0.39 is 17.6 Å². The van der Waals surface area contributed by atoms with Gasteiger partial charge in [0.25, 0.3) is 0 Å². The number of carboxylic acids is 1. The fourth-order valence-electron chi connectivity index (χ4n) is 0.279. The van der Waals surface area contributed by atoms with Gasteiger partial charge in [0.05, 0.1) is 0 Å². The van der Waals surface area contributed by atoms with Gasteiger partial charge in [-0.25, -0.2) is 4.79 Å². The molecule has 3 nitrogen and oxygen atoms in total. The molecule has 0 aromatic rings. The smallest absolute Gasteiger partial charge is 0.368 e. The molecular formula is C5H7FO3. The van der Waals surface area contributed by atoms with Crippen LogP contribution in [0.25, 0.3) is 0 Å². The average Bonchev–Trinajstić information content (AvgIpc) is 1.84. The summed E-state index contributed by atoms with van der Waals surface area (Å²) >= 11 is 0. The molecule has 0 saturated heterocycles. The summed E-state index contributed by atoms with van der Waals surface area (Å²) in [4.78, 5) is 9.71. The Hall–Kier alpha value is -1.06. The van der Waals surface area contributed by atoms with Crippen LogP contribution in [0.1, 0.15) is 13.3 Å². The van der Waals surface area contributed by atoms with Gasteiger partial charge in [0, 0.05) is 6.42 Å². The summed E-state index contributed by atoms with van der Waals surface area (Å²) < 4.78 is 11.9. The second-order valence-electron chi connectivity index (χ2n) is 1.42. The van der Waals surface area contributed by atoms with Gasteiger partial charge >= 0.3 is 5.97 Å². The highest BCUT2D eigenvalue weighted by Gasteiger charge is 2.10. The zero-order chi connectivity index (χ0) is 7.44. The Morgan fingerprint density at radius 1 is 1.56 bits per heavy atom. The van der Waals surface area contributed by atoms with E-state index in [1.807, 2.05) is 0 Å². The monoisotopic (exact) mass is 134 g/mol. The van der Waals surface area contributed by atoms with Crippen LogP contribution in [0, 0.1) is 0 Å². The van der Waals surface area contributed by atoms with Crippen molar-refractivity contribution in [3.8, 4) is 0 Å². The number of aliphatic hydroxyl groups is 1. The normalized spacial score (nSPS) is 12.7. The van der Waals surface area contributed by atoms with Crippen LogP contribution in [0.2, 0.25) is 0 Å². The molecule has 0 aliphatic heterocycles. The summed E-state index contributed by atoms with van der Waals surface area (Å²) in [6, 6.07) is 0. The predicted octanol–water partition coefficient (Wildman–Crippen LogP) is 1.22. The van der Waals surface area contributed by atoms with Crippen molar-refractivity contribution in [1.82, 2.24) is 0 Å². The molecule has 0 amide bonds. The summed E-state index contributed by atoms with van der Waals surface area (Å²) in [5, 5.41) is 16.3. The van der Waals surface area contributed by atoms with Crippen LogP contribution in [-0.2, 0) is 4.79 Å². The van der Waals surface area contributed by atoms with Gasteiger partial charge in [-0.15, -0.1) is 0 Å². The number of halogens is 1. The molecule has 0 bridgehead atoms. The van der Waals surface area contributed by atoms with E-state index in [4.69, 9.17) is 10.2 Å². The number of carbonyl (C=O) groups is 1. The van der Waals surface area contributed by atoms with Crippen LogP contribution in [0.15, 0.2) is 11.6 Å². The van der Waals surface area contributed by atoms with Crippen molar-refractivity contribution in [2.45, 2.75) is 13.3 Å². The predicted molar refractivity (Wildman–Crippen MR) is 28.7 cm³/mol. The molecule has 0 aliphatic carbocycles. The Morgan fingerprint density at radius 3 is 2.11 bits per heavy atom. The van der Waals surface area contributed by atoms with Gasteiger partial charge in [-0.3, -0.25) is 0 Å². The molecule has 0 fully saturated rings. The van der Waals surface area contributed by atoms with Crippen molar-refractivity contribution in [3.05, 3.63) is 11.6 Å². The summed E-state index contributed by atoms with van der Waals surface area (Å²) in [7, 11) is 0. The second kappa shape index (κ2) is 3.06. The molecule has 0 unspecified atom stereocenters. The first kappa shape index (κ1) is 7.94. The van der Waals surface area contributed by atoms with Gasteiger partial charge in [-0.05, 0) is 0 Å². The molecule has 0 spiro atoms. The van der Waals surface area contributed by atoms with Crippen molar-refractivity contribution in [1.29, 1.82) is 0 Å². The van der Waals surface area contributed by atoms with E-state index in [1.54, 1.807) is 0 Å². The van der Waals surface area contributed by atoms with Crippen molar-refractivity contribution < 1.29 is 19.4 Å². The quantitative estimate of drug-likeness (QED) is 0.441. The lowest BCUT2D eigenvalue weighted by atomic mass is 10.3. The summed E-state index contributed by atoms with van der Waals surface area (Å²) in [5.74, 6) is -3.92. The van der Waals surface area contributed by atoms with E-state index in [2.05, 4.69) is 0 Å². The first-order valence-electron chi connectivity index (χ1n) is 2.40. The third-order valence-electron chi connectivity index (χ3n) is 0.776. The Kier molecular flexibility index (Phi) is 2.70. The highest BCUT2D eigenvalue weighted by atomic mass is 19.1. The molecule has 4 heteroatoms. The molecule has 2 N–H and O–H groups in total. The highest BCUT2D eigenvalue weighted by molar-refractivity contribution is 5.84. The van der Waals surface area contributed by atoms with Gasteiger partial charge in [0.1, 0.15) is 5.76 Å². The van der Waals surface area contributed by atoms with Crippen molar-refractivity contribution in [2.75, 3.05) is 0 Å². The zero-order valence-electron chi connectivity index (χ0n) is 4.89. The number of aliphatic carboxylic acids is 1. The molecule has 0 atom stereocenters. The first-order chi connectivity index (χ1) is 4.09. The van der Waals surface area contributed by atoms with Gasteiger partial charge in [-0.1, -0.05) is 6.92 Å². The first-order valence-corrected chi connectivity index (χ1v) is 2.40. The molecule has 0 heterocycles. The Labute approximate surface area is 51.4 Å². The fourth-order valence-corrected chi connectivity index (χ4v) is 0.279. The van der Waals surface area contributed by atoms with Crippen LogP contribution in [0.3, 0.4) is 0 Å². The molecule has 9 heavy (non-hydrogen) atoms. The molecule has 0 saturated carbocycles. The zero-order valence-corrected chi connectivity index (χ0v) is 4.89. The maximum atomic E-state index is 11.9. The lowest BCUT2D eigenvalue weighted by molar-refractivity contribution is -0.134. The Balaban J connectivity index is 4.28. The van der Waals surface area contributed by atoms with E-state index in [1.165, 1.54) is 6.92 Å². The number of hydrogen-bond donors (Lipinski definition) is 2. The van der Waals surface area contributed by atoms with Gasteiger partial charge in [-0.2, -0.15) is 4.39 Å². The molecule has 0 aromatic carbocycles. The largest absolute Gasteiger partial charge is 0.509 e. The minimum Gasteiger partial charge on any atom is -0.509 e. The molecule has 0 radical (unpaired) electrons. The van der Waals surface area contributed by atoms with Crippen LogP contribution in [0.5, 0.6) is 0 Å². The minimum atomic E-state index is -1.73. The van der Waals surface area contributed by atoms with Crippen molar-refractivity contribution in [2.24, 2.45) is 0 Å². The highest BCUT2D eigenvalue weighted by Crippen LogP contribution is 2.05. The van der Waals surface area contributed by atoms with Crippen LogP contribution < -0.4 is 0 Å². The number of allylic oxidation sites excluding steroid dienone is 1. The number of hydrogen-bond acceptors (Lipinski definition) is 2. The average molecular weight is 134 g/mol. The van der Waals surface area contributed by atoms with E-state index in [9.17, 15) is 9.18 Å². The molecule has 0 rings (SSSR count). The third-order valence-corrected chi connectivity index (χ3v) is 0.776. The van der Waals surface area contributed by atoms with E-state index in [-0.39, 0.29) is 6.42 Å². The minimum absolute atomic E-state index is 0.00185. The third kappa shape index (κ3) is 2.12. The molecule has 52 valence electrons. The lowest BCUT2D eigenvalue weighted by Gasteiger charge is -1.92. The molecule has 0 aliphatic rings. The number of aliphatic hydroxyl groups excluding tert-OH is 1. The lowest BCUT2D eigenvalue weighted by Crippen LogP contribution is -1.98. The van der Waals surface area contributed by atoms with Crippen LogP contribution in [-0.4, -0.2) is 16.2 Å². The van der Waals surface area contributed by atoms with Gasteiger partial charge < -0.3 is 10.2 Å². The van der Waals surface area contributed by atoms with Crippen molar-refractivity contribution in [3.63, 3.8) is 0 Å². The topological polar surface area (TPSA) is 57.5 Å². The standard InChI is InChI=1S/C5H7FO3/c1-2-3(7)4(6)5(8)9/h7H,2H2,1H3,(H,8,9)/b4-3+. The SMILES string of the molecule is CC/C(O)=C(\F)C(=O)O. The maximum absolute atomic E-state index is 11.9. The Bertz CT molecular complexity index is 150. The van der Waals surface area contributed by atoms with E-state index >= 15 is 0 Å². The van der Waals surface area contributed by atoms with Gasteiger partial charge in [0.2, 0.25) is 5.83 Å². The second-order valence-corrected chi connectivity index (χ2v) is 1.42. The summed E-state index contributed by atoms with van der Waals surface area (Å²) in [6.07, 6.45) is -0.00185. The van der Waals surface area contributed by atoms with E-state index in [0.29, 0.717) is 0 Å². The fraction of sp³-hybridized carbons (Fsp3) is 0.400. The van der Waals surface area contributed by atoms with Crippen LogP contribution in [0.4, 0.5) is 4.39 Å². The Morgan fingerprint density at radius 2 is 2.00 bits per heavy atom. The van der Waals surface area contributed by atoms with Gasteiger partial charge in [0.15, 0.2) is 0 Å². The summed E-state index contributed by atoms with van der Waals surface area (Å²) in [5.41, 5.74) is 0. The molecule has 0 aromatic heterocycles. The molecular weight excluding hydrogens is 127 g/mol. The van der Waals surface area contributed by atoms with Crippen molar-refractivity contribution >= 4 is 5.97 Å². The maximum Gasteiger partial charge on any atom is 0.368 e. The number of rotatable bonds is 2. The number of carboxylic acid groups (broad SMARTS) is 1.